The number of aromatic nitrogens is 2. The van der Waals surface area contributed by atoms with Crippen molar-refractivity contribution in [1.82, 2.24) is 10.1 Å². The second kappa shape index (κ2) is 3.92. The maximum absolute atomic E-state index is 6.00. The van der Waals surface area contributed by atoms with Gasteiger partial charge in [0.25, 0.3) is 5.89 Å². The summed E-state index contributed by atoms with van der Waals surface area (Å²) in [6, 6.07) is 1.67. The summed E-state index contributed by atoms with van der Waals surface area (Å²) in [5.74, 6) is 0.779. The van der Waals surface area contributed by atoms with Gasteiger partial charge in [-0.3, -0.25) is 0 Å². The minimum absolute atomic E-state index is 0.227. The number of nitrogens with zero attached hydrogens (tertiary/aromatic N) is 2. The van der Waals surface area contributed by atoms with Crippen LogP contribution in [0.25, 0.3) is 11.5 Å². The Labute approximate surface area is 97.6 Å². The number of hydrogen-bond donors (Lipinski definition) is 1. The molecule has 1 unspecified atom stereocenters. The Morgan fingerprint density at radius 1 is 1.56 bits per heavy atom. The Bertz CT molecular complexity index is 490. The fourth-order valence-electron chi connectivity index (χ4n) is 1.17. The van der Waals surface area contributed by atoms with E-state index in [2.05, 4.69) is 10.1 Å². The average Bonchev–Trinajstić information content (AvgIpc) is 2.85. The third-order valence-corrected chi connectivity index (χ3v) is 2.81. The lowest BCUT2D eigenvalue weighted by Crippen LogP contribution is -2.33. The van der Waals surface area contributed by atoms with Gasteiger partial charge in [-0.25, -0.2) is 0 Å². The Morgan fingerprint density at radius 3 is 2.88 bits per heavy atom. The highest BCUT2D eigenvalue weighted by atomic mass is 35.5. The van der Waals surface area contributed by atoms with E-state index >= 15 is 0 Å². The fourth-order valence-corrected chi connectivity index (χ4v) is 1.36. The van der Waals surface area contributed by atoms with E-state index < -0.39 is 5.54 Å². The number of hydrogen-bond acceptors (Lipinski definition) is 5. The van der Waals surface area contributed by atoms with Crippen molar-refractivity contribution in [2.75, 3.05) is 0 Å². The molecule has 86 valence electrons. The largest absolute Gasteiger partial charge is 0.452 e. The molecular formula is C10H12ClN3O2. The van der Waals surface area contributed by atoms with Gasteiger partial charge < -0.3 is 14.7 Å². The summed E-state index contributed by atoms with van der Waals surface area (Å²) in [6.45, 7) is 3.81. The minimum atomic E-state index is -0.599. The van der Waals surface area contributed by atoms with Gasteiger partial charge >= 0.3 is 0 Å². The SMILES string of the molecule is CCC(C)(N)c1noc(-c2ccoc2Cl)n1. The first-order chi connectivity index (χ1) is 7.54. The van der Waals surface area contributed by atoms with Gasteiger partial charge in [0, 0.05) is 0 Å². The van der Waals surface area contributed by atoms with Crippen LogP contribution in [0.5, 0.6) is 0 Å². The van der Waals surface area contributed by atoms with Crippen LogP contribution < -0.4 is 5.73 Å². The van der Waals surface area contributed by atoms with Crippen molar-refractivity contribution in [3.63, 3.8) is 0 Å². The molecule has 0 bridgehead atoms. The molecule has 1 atom stereocenters. The van der Waals surface area contributed by atoms with Gasteiger partial charge in [0.1, 0.15) is 0 Å². The van der Waals surface area contributed by atoms with Gasteiger partial charge in [0.2, 0.25) is 5.22 Å². The summed E-state index contributed by atoms with van der Waals surface area (Å²) >= 11 is 5.81. The second-order valence-electron chi connectivity index (χ2n) is 3.80. The standard InChI is InChI=1S/C10H12ClN3O2/c1-3-10(2,12)9-13-8(16-14-9)6-4-5-15-7(6)11/h4-5H,3,12H2,1-2H3. The molecule has 2 heterocycles. The van der Waals surface area contributed by atoms with Gasteiger partial charge in [-0.15, -0.1) is 0 Å². The summed E-state index contributed by atoms with van der Waals surface area (Å²) in [7, 11) is 0. The maximum atomic E-state index is 6.00. The molecule has 16 heavy (non-hydrogen) atoms. The Morgan fingerprint density at radius 2 is 2.31 bits per heavy atom. The minimum Gasteiger partial charge on any atom is -0.452 e. The quantitative estimate of drug-likeness (QED) is 0.894. The number of halogens is 1. The van der Waals surface area contributed by atoms with Crippen molar-refractivity contribution in [3.05, 3.63) is 23.4 Å². The lowest BCUT2D eigenvalue weighted by atomic mass is 10.0. The first-order valence-corrected chi connectivity index (χ1v) is 5.29. The van der Waals surface area contributed by atoms with Crippen molar-refractivity contribution in [2.24, 2.45) is 5.73 Å². The van der Waals surface area contributed by atoms with Gasteiger partial charge in [-0.1, -0.05) is 12.1 Å². The highest BCUT2D eigenvalue weighted by molar-refractivity contribution is 6.31. The molecule has 0 aromatic carbocycles. The maximum Gasteiger partial charge on any atom is 0.262 e. The summed E-state index contributed by atoms with van der Waals surface area (Å²) in [6.07, 6.45) is 2.17. The van der Waals surface area contributed by atoms with Gasteiger partial charge in [-0.2, -0.15) is 4.98 Å². The lowest BCUT2D eigenvalue weighted by Gasteiger charge is -2.16. The fraction of sp³-hybridized carbons (Fsp3) is 0.400. The molecule has 0 saturated carbocycles. The first kappa shape index (κ1) is 11.2. The molecule has 0 aliphatic carbocycles. The van der Waals surface area contributed by atoms with Crippen LogP contribution in [0.2, 0.25) is 5.22 Å². The van der Waals surface area contributed by atoms with Crippen LogP contribution in [0.4, 0.5) is 0 Å². The van der Waals surface area contributed by atoms with E-state index in [1.807, 2.05) is 13.8 Å². The molecule has 2 rings (SSSR count). The molecule has 0 amide bonds. The van der Waals surface area contributed by atoms with Crippen LogP contribution in [-0.2, 0) is 5.54 Å². The molecule has 2 aromatic heterocycles. The van der Waals surface area contributed by atoms with Crippen molar-refractivity contribution < 1.29 is 8.94 Å². The summed E-state index contributed by atoms with van der Waals surface area (Å²) in [4.78, 5) is 4.21. The zero-order valence-corrected chi connectivity index (χ0v) is 9.78. The molecule has 0 saturated heterocycles. The average molecular weight is 242 g/mol. The molecule has 0 radical (unpaired) electrons. The van der Waals surface area contributed by atoms with Crippen LogP contribution >= 0.6 is 11.6 Å². The van der Waals surface area contributed by atoms with Gasteiger partial charge in [0.05, 0.1) is 17.4 Å². The van der Waals surface area contributed by atoms with Crippen molar-refractivity contribution in [2.45, 2.75) is 25.8 Å². The highest BCUT2D eigenvalue weighted by Crippen LogP contribution is 2.29. The van der Waals surface area contributed by atoms with Crippen LogP contribution in [0.1, 0.15) is 26.1 Å². The summed E-state index contributed by atoms with van der Waals surface area (Å²) in [5, 5.41) is 4.07. The summed E-state index contributed by atoms with van der Waals surface area (Å²) < 4.78 is 10.0. The van der Waals surface area contributed by atoms with Gasteiger partial charge in [0.15, 0.2) is 5.82 Å². The van der Waals surface area contributed by atoms with E-state index in [0.29, 0.717) is 23.7 Å². The molecule has 0 spiro atoms. The van der Waals surface area contributed by atoms with Crippen LogP contribution in [-0.4, -0.2) is 10.1 Å². The third kappa shape index (κ3) is 1.83. The molecule has 0 aliphatic rings. The Hall–Kier alpha value is -1.33. The molecule has 2 N–H and O–H groups in total. The second-order valence-corrected chi connectivity index (χ2v) is 4.15. The zero-order chi connectivity index (χ0) is 11.8. The third-order valence-electron chi connectivity index (χ3n) is 2.52. The number of rotatable bonds is 3. The summed E-state index contributed by atoms with van der Waals surface area (Å²) in [5.41, 5.74) is 5.98. The first-order valence-electron chi connectivity index (χ1n) is 4.91. The molecular weight excluding hydrogens is 230 g/mol. The van der Waals surface area contributed by atoms with Crippen LogP contribution in [0.15, 0.2) is 21.3 Å². The molecule has 0 fully saturated rings. The predicted molar refractivity (Wildman–Crippen MR) is 58.8 cm³/mol. The molecule has 0 aliphatic heterocycles. The molecule has 2 aromatic rings. The normalized spacial score (nSPS) is 15.0. The topological polar surface area (TPSA) is 78.1 Å². The molecule has 5 nitrogen and oxygen atoms in total. The van der Waals surface area contributed by atoms with Crippen molar-refractivity contribution >= 4 is 11.6 Å². The number of nitrogens with two attached hydrogens (primary N) is 1. The van der Waals surface area contributed by atoms with E-state index in [1.54, 1.807) is 6.07 Å². The van der Waals surface area contributed by atoms with E-state index in [4.69, 9.17) is 26.3 Å². The van der Waals surface area contributed by atoms with Crippen LogP contribution in [0.3, 0.4) is 0 Å². The smallest absolute Gasteiger partial charge is 0.262 e. The Kier molecular flexibility index (Phi) is 2.73. The zero-order valence-electron chi connectivity index (χ0n) is 9.03. The lowest BCUT2D eigenvalue weighted by molar-refractivity contribution is 0.378. The van der Waals surface area contributed by atoms with Crippen molar-refractivity contribution in [1.29, 1.82) is 0 Å². The van der Waals surface area contributed by atoms with E-state index in [-0.39, 0.29) is 5.22 Å². The monoisotopic (exact) mass is 241 g/mol. The number of furan rings is 1. The predicted octanol–water partition coefficient (Wildman–Crippen LogP) is 2.57. The van der Waals surface area contributed by atoms with E-state index in [9.17, 15) is 0 Å². The Balaban J connectivity index is 2.37. The highest BCUT2D eigenvalue weighted by Gasteiger charge is 2.26. The van der Waals surface area contributed by atoms with E-state index in [0.717, 1.165) is 0 Å². The van der Waals surface area contributed by atoms with Crippen LogP contribution in [0, 0.1) is 0 Å². The van der Waals surface area contributed by atoms with Crippen molar-refractivity contribution in [3.8, 4) is 11.5 Å². The van der Waals surface area contributed by atoms with E-state index in [1.165, 1.54) is 6.26 Å². The van der Waals surface area contributed by atoms with Gasteiger partial charge in [-0.05, 0) is 31.0 Å². The molecule has 6 heteroatoms.